The lowest BCUT2D eigenvalue weighted by molar-refractivity contribution is -0.148. The van der Waals surface area contributed by atoms with Gasteiger partial charge >= 0.3 is 0 Å². The summed E-state index contributed by atoms with van der Waals surface area (Å²) >= 11 is 1.38. The number of nitrogens with zero attached hydrogens (tertiary/aromatic N) is 8. The number of likely N-dealkylation sites (tertiary alicyclic amines) is 1. The van der Waals surface area contributed by atoms with Gasteiger partial charge in [-0.25, -0.2) is 9.56 Å². The highest BCUT2D eigenvalue weighted by Gasteiger charge is 2.44. The molecule has 0 bridgehead atoms. The van der Waals surface area contributed by atoms with Crippen LogP contribution >= 0.6 is 11.3 Å². The molecule has 2 saturated heterocycles. The number of hydrogen-bond acceptors (Lipinski definition) is 14. The van der Waals surface area contributed by atoms with Gasteiger partial charge < -0.3 is 54.3 Å². The van der Waals surface area contributed by atoms with E-state index in [1.165, 1.54) is 11.3 Å². The highest BCUT2D eigenvalue weighted by atomic mass is 32.1. The van der Waals surface area contributed by atoms with Crippen molar-refractivity contribution in [3.8, 4) is 22.5 Å². The molecule has 548 valence electrons. The molecule has 4 heterocycles. The molecule has 4 aromatic rings. The molecule has 21 nitrogen and oxygen atoms in total. The smallest absolute Gasteiger partial charge is 0.254 e. The average molecular weight is 1410 g/mol. The fourth-order valence-corrected chi connectivity index (χ4v) is 15.8. The lowest BCUT2D eigenvalue weighted by atomic mass is 9.89. The second-order valence-electron chi connectivity index (χ2n) is 28.1. The standard InChI is InChI=1S/C79H111N11O10S/c1-17-52(10)73(85(14)79(97)71(50(6)7)83-76(95)72(51(8)9)84(12)13)66(98-15)47-69(93)90-39-27-32-63(90)74(99-16)53(11)75(94)82-62(44-54-28-23-22-24-29-54)77-81-55(49-101-77)48-80-67(91)37-38-68(92)88-40-42-89(43-41-88)78(96)59-31-26-25-30-58(59)70-60-35-33-56(86(18-2)19-3)45-64(60)100-65-46-57(34-36-61(65)70)87(20-4)21-5/h22-26,28-31,33-36,45-46,49-53,62-63,66,71-74H,17-21,27,32,37-44,47-48H2,1-16H3,(H2-,80,82,83,91,94,95)/p+1/t52-,53+,62-,63-,66+,71-,72-,73-,74+/m0/s1. The molecule has 0 unspecified atom stereocenters. The minimum absolute atomic E-state index is 0.000285. The van der Waals surface area contributed by atoms with Crippen LogP contribution in [0, 0.1) is 23.7 Å². The van der Waals surface area contributed by atoms with Gasteiger partial charge in [0.2, 0.25) is 40.8 Å². The Bertz CT molecular complexity index is 3810. The fraction of sp³-hybridized carbons (Fsp3) is 0.557. The van der Waals surface area contributed by atoms with E-state index >= 15 is 0 Å². The van der Waals surface area contributed by atoms with Crippen LogP contribution in [0.3, 0.4) is 0 Å². The van der Waals surface area contributed by atoms with E-state index in [1.54, 1.807) is 31.1 Å². The SMILES string of the molecule is CC[C@H](C)[C@@H]([C@@H](CC(=O)N1CCC[C@H]1[C@H](OC)[C@@H](C)C(=O)N[C@@H](Cc1ccccc1)c1nc(CNC(=O)CCC(=O)N2CCN(C(=O)c3ccccc3-c3c4ccc(=[N+](CC)CC)cc-4oc4cc(N(CC)CC)ccc34)CC2)cs1)OC)N(C)C(=O)[C@@H](NC(=O)[C@H](C(C)C)N(C)C)C(C)C. The summed E-state index contributed by atoms with van der Waals surface area (Å²) in [4.78, 5) is 116. The Hall–Kier alpha value is -8.05. The molecule has 2 fully saturated rings. The van der Waals surface area contributed by atoms with Gasteiger partial charge in [-0.05, 0) is 114 Å². The molecule has 0 saturated carbocycles. The van der Waals surface area contributed by atoms with Gasteiger partial charge in [-0.1, -0.05) is 103 Å². The number of amides is 7. The lowest BCUT2D eigenvalue weighted by Gasteiger charge is -2.41. The maximum atomic E-state index is 14.7. The number of methoxy groups -OCH3 is 2. The van der Waals surface area contributed by atoms with Gasteiger partial charge in [0, 0.05) is 125 Å². The van der Waals surface area contributed by atoms with Crippen molar-refractivity contribution in [2.75, 3.05) is 99.2 Å². The molecule has 1 aliphatic carbocycles. The van der Waals surface area contributed by atoms with Crippen molar-refractivity contribution in [1.82, 2.24) is 50.0 Å². The molecule has 22 heteroatoms. The van der Waals surface area contributed by atoms with E-state index in [0.717, 1.165) is 76.2 Å². The van der Waals surface area contributed by atoms with Gasteiger partial charge in [0.15, 0.2) is 0 Å². The number of rotatable bonds is 33. The number of ether oxygens (including phenoxy) is 2. The van der Waals surface area contributed by atoms with Gasteiger partial charge in [0.1, 0.15) is 35.5 Å². The Morgan fingerprint density at radius 1 is 0.733 bits per heavy atom. The summed E-state index contributed by atoms with van der Waals surface area (Å²) in [6.07, 6.45) is 1.07. The molecular weight excluding hydrogens is 1300 g/mol. The largest absolute Gasteiger partial charge is 0.456 e. The van der Waals surface area contributed by atoms with Crippen LogP contribution in [-0.2, 0) is 51.2 Å². The van der Waals surface area contributed by atoms with Crippen LogP contribution in [0.15, 0.2) is 101 Å². The number of benzene rings is 4. The quantitative estimate of drug-likeness (QED) is 0.0258. The normalized spacial score (nSPS) is 16.6. The average Bonchev–Trinajstić information content (AvgIpc) is 1.25. The third-order valence-electron chi connectivity index (χ3n) is 20.7. The number of likely N-dealkylation sites (N-methyl/N-ethyl adjacent to an activating group) is 2. The molecule has 0 radical (unpaired) electrons. The maximum absolute atomic E-state index is 14.7. The minimum atomic E-state index is -0.803. The van der Waals surface area contributed by atoms with E-state index in [-0.39, 0.29) is 84.9 Å². The summed E-state index contributed by atoms with van der Waals surface area (Å²) in [7, 11) is 8.58. The van der Waals surface area contributed by atoms with E-state index < -0.39 is 48.3 Å². The second-order valence-corrected chi connectivity index (χ2v) is 29.0. The Labute approximate surface area is 602 Å². The Kier molecular flexibility index (Phi) is 28.6. The zero-order valence-electron chi connectivity index (χ0n) is 62.7. The zero-order chi connectivity index (χ0) is 73.4. The number of carbonyl (C=O) groups is 7. The molecule has 1 aromatic heterocycles. The first-order chi connectivity index (χ1) is 48.4. The van der Waals surface area contributed by atoms with E-state index in [9.17, 15) is 33.6 Å². The number of nitrogens with one attached hydrogen (secondary N) is 3. The number of thiazole rings is 1. The summed E-state index contributed by atoms with van der Waals surface area (Å²) in [5, 5.41) is 13.8. The van der Waals surface area contributed by atoms with Crippen LogP contribution in [0.5, 0.6) is 0 Å². The number of piperazine rings is 1. The van der Waals surface area contributed by atoms with Crippen molar-refractivity contribution in [2.45, 2.75) is 170 Å². The number of carbonyl (C=O) groups excluding carboxylic acids is 7. The second kappa shape index (κ2) is 36.7. The van der Waals surface area contributed by atoms with E-state index in [2.05, 4.69) is 89.5 Å². The summed E-state index contributed by atoms with van der Waals surface area (Å²) in [5.74, 6) is -1.74. The molecule has 9 atom stereocenters. The van der Waals surface area contributed by atoms with E-state index in [1.807, 2.05) is 137 Å². The van der Waals surface area contributed by atoms with Gasteiger partial charge in [-0.3, -0.25) is 38.5 Å². The fourth-order valence-electron chi connectivity index (χ4n) is 14.9. The van der Waals surface area contributed by atoms with Crippen LogP contribution in [-0.4, -0.2) is 201 Å². The topological polar surface area (TPSA) is 223 Å². The highest BCUT2D eigenvalue weighted by molar-refractivity contribution is 7.09. The summed E-state index contributed by atoms with van der Waals surface area (Å²) in [6, 6.07) is 27.5. The van der Waals surface area contributed by atoms with E-state index in [4.69, 9.17) is 18.9 Å². The molecule has 7 amide bonds. The van der Waals surface area contributed by atoms with Crippen LogP contribution in [0.25, 0.3) is 33.4 Å². The van der Waals surface area contributed by atoms with Crippen molar-refractivity contribution in [3.63, 3.8) is 0 Å². The van der Waals surface area contributed by atoms with Crippen molar-refractivity contribution in [3.05, 3.63) is 124 Å². The predicted molar refractivity (Wildman–Crippen MR) is 400 cm³/mol. The molecule has 3 aliphatic heterocycles. The molecule has 4 aliphatic rings. The Morgan fingerprint density at radius 3 is 2.05 bits per heavy atom. The van der Waals surface area contributed by atoms with Gasteiger partial charge in [-0.15, -0.1) is 11.3 Å². The molecular formula is C79H112N11O10S+. The Balaban J connectivity index is 0.873. The van der Waals surface area contributed by atoms with Crippen LogP contribution < -0.4 is 30.8 Å². The first kappa shape index (κ1) is 78.7. The summed E-state index contributed by atoms with van der Waals surface area (Å²) < 4.78 is 21.4. The Morgan fingerprint density at radius 2 is 1.42 bits per heavy atom. The first-order valence-electron chi connectivity index (χ1n) is 36.6. The monoisotopic (exact) mass is 1410 g/mol. The van der Waals surface area contributed by atoms with Crippen LogP contribution in [0.4, 0.5) is 5.69 Å². The van der Waals surface area contributed by atoms with Gasteiger partial charge in [0.05, 0.1) is 67.0 Å². The third-order valence-corrected chi connectivity index (χ3v) is 21.7. The van der Waals surface area contributed by atoms with Crippen molar-refractivity contribution < 1.29 is 47.5 Å². The third kappa shape index (κ3) is 19.0. The summed E-state index contributed by atoms with van der Waals surface area (Å²) in [6.45, 7) is 27.6. The number of hydrogen-bond donors (Lipinski definition) is 3. The molecule has 8 rings (SSSR count). The molecule has 3 N–H and O–H groups in total. The minimum Gasteiger partial charge on any atom is -0.456 e. The maximum Gasteiger partial charge on any atom is 0.254 e. The van der Waals surface area contributed by atoms with E-state index in [0.29, 0.717) is 74.7 Å². The van der Waals surface area contributed by atoms with Crippen molar-refractivity contribution in [1.29, 1.82) is 0 Å². The predicted octanol–water partition coefficient (Wildman–Crippen LogP) is 9.75. The molecule has 3 aromatic carbocycles. The number of anilines is 1. The highest BCUT2D eigenvalue weighted by Crippen LogP contribution is 2.43. The molecule has 101 heavy (non-hydrogen) atoms. The van der Waals surface area contributed by atoms with Crippen LogP contribution in [0.2, 0.25) is 0 Å². The summed E-state index contributed by atoms with van der Waals surface area (Å²) in [5.41, 5.74) is 6.59. The molecule has 0 spiro atoms. The van der Waals surface area contributed by atoms with Gasteiger partial charge in [0.25, 0.3) is 5.91 Å². The number of fused-ring (bicyclic) bond motifs is 2. The van der Waals surface area contributed by atoms with Gasteiger partial charge in [-0.2, -0.15) is 0 Å². The van der Waals surface area contributed by atoms with Crippen LogP contribution in [0.1, 0.15) is 147 Å². The van der Waals surface area contributed by atoms with Crippen molar-refractivity contribution in [2.24, 2.45) is 23.7 Å². The van der Waals surface area contributed by atoms with Crippen molar-refractivity contribution >= 4 is 69.3 Å². The lowest BCUT2D eigenvalue weighted by Crippen LogP contribution is -2.59. The first-order valence-corrected chi connectivity index (χ1v) is 37.4. The zero-order valence-corrected chi connectivity index (χ0v) is 63.5. The number of aromatic nitrogens is 1.